The maximum Gasteiger partial charge on any atom is 0.230 e. The summed E-state index contributed by atoms with van der Waals surface area (Å²) < 4.78 is 0. The summed E-state index contributed by atoms with van der Waals surface area (Å²) in [5.74, 6) is -0.321. The van der Waals surface area contributed by atoms with Gasteiger partial charge in [-0.15, -0.1) is 10.2 Å². The standard InChI is InChI=1S/C12H22N4OS/c1-4-5-6-7-10-15-16-12(18-10)14-11(17)8(2)9(3)13/h8-9H,4-7,13H2,1-3H3,(H,14,16,17). The highest BCUT2D eigenvalue weighted by Gasteiger charge is 2.18. The van der Waals surface area contributed by atoms with Crippen molar-refractivity contribution in [2.75, 3.05) is 5.32 Å². The number of nitrogens with two attached hydrogens (primary N) is 1. The summed E-state index contributed by atoms with van der Waals surface area (Å²) in [6.07, 6.45) is 4.44. The van der Waals surface area contributed by atoms with Crippen LogP contribution in [0, 0.1) is 5.92 Å². The first-order chi connectivity index (χ1) is 8.54. The van der Waals surface area contributed by atoms with Crippen molar-refractivity contribution in [1.82, 2.24) is 10.2 Å². The molecule has 0 aromatic carbocycles. The molecule has 2 atom stereocenters. The average Bonchev–Trinajstić information content (AvgIpc) is 2.76. The predicted octanol–water partition coefficient (Wildman–Crippen LogP) is 2.19. The fourth-order valence-electron chi connectivity index (χ4n) is 1.39. The van der Waals surface area contributed by atoms with Crippen molar-refractivity contribution in [1.29, 1.82) is 0 Å². The molecule has 2 unspecified atom stereocenters. The molecular formula is C12H22N4OS. The highest BCUT2D eigenvalue weighted by atomic mass is 32.1. The Balaban J connectivity index is 2.46. The van der Waals surface area contributed by atoms with Crippen LogP contribution in [0.5, 0.6) is 0 Å². The normalized spacial score (nSPS) is 14.2. The molecule has 102 valence electrons. The molecule has 1 aromatic rings. The van der Waals surface area contributed by atoms with Gasteiger partial charge in [0.15, 0.2) is 0 Å². The van der Waals surface area contributed by atoms with Gasteiger partial charge in [0.25, 0.3) is 0 Å². The van der Waals surface area contributed by atoms with Gasteiger partial charge >= 0.3 is 0 Å². The summed E-state index contributed by atoms with van der Waals surface area (Å²) in [6.45, 7) is 5.80. The second-order valence-corrected chi connectivity index (χ2v) is 5.66. The van der Waals surface area contributed by atoms with Crippen molar-refractivity contribution >= 4 is 22.4 Å². The van der Waals surface area contributed by atoms with Crippen LogP contribution in [-0.4, -0.2) is 22.1 Å². The topological polar surface area (TPSA) is 80.9 Å². The summed E-state index contributed by atoms with van der Waals surface area (Å²) in [7, 11) is 0. The van der Waals surface area contributed by atoms with Crippen LogP contribution < -0.4 is 11.1 Å². The maximum absolute atomic E-state index is 11.8. The molecule has 0 bridgehead atoms. The van der Waals surface area contributed by atoms with Crippen LogP contribution in [0.15, 0.2) is 0 Å². The van der Waals surface area contributed by atoms with E-state index >= 15 is 0 Å². The highest BCUT2D eigenvalue weighted by molar-refractivity contribution is 7.15. The third-order valence-corrected chi connectivity index (χ3v) is 3.79. The van der Waals surface area contributed by atoms with Gasteiger partial charge in [-0.2, -0.15) is 0 Å². The average molecular weight is 270 g/mol. The molecule has 1 rings (SSSR count). The van der Waals surface area contributed by atoms with E-state index in [2.05, 4.69) is 22.4 Å². The zero-order valence-electron chi connectivity index (χ0n) is 11.3. The highest BCUT2D eigenvalue weighted by Crippen LogP contribution is 2.18. The van der Waals surface area contributed by atoms with E-state index in [-0.39, 0.29) is 17.9 Å². The summed E-state index contributed by atoms with van der Waals surface area (Å²) in [5.41, 5.74) is 5.68. The monoisotopic (exact) mass is 270 g/mol. The molecule has 3 N–H and O–H groups in total. The van der Waals surface area contributed by atoms with Crippen LogP contribution >= 0.6 is 11.3 Å². The predicted molar refractivity (Wildman–Crippen MR) is 74.6 cm³/mol. The van der Waals surface area contributed by atoms with E-state index < -0.39 is 0 Å². The van der Waals surface area contributed by atoms with Gasteiger partial charge in [0, 0.05) is 12.5 Å². The molecule has 0 aliphatic heterocycles. The molecular weight excluding hydrogens is 248 g/mol. The van der Waals surface area contributed by atoms with Crippen molar-refractivity contribution in [3.05, 3.63) is 5.01 Å². The molecule has 1 aromatic heterocycles. The Bertz CT molecular complexity index is 378. The second-order valence-electron chi connectivity index (χ2n) is 4.60. The van der Waals surface area contributed by atoms with Crippen molar-refractivity contribution < 1.29 is 4.79 Å². The number of carbonyl (C=O) groups excluding carboxylic acids is 1. The minimum absolute atomic E-state index is 0.0961. The molecule has 0 aliphatic carbocycles. The third-order valence-electron chi connectivity index (χ3n) is 2.89. The molecule has 0 spiro atoms. The Morgan fingerprint density at radius 1 is 1.39 bits per heavy atom. The first-order valence-electron chi connectivity index (χ1n) is 6.43. The molecule has 0 aliphatic rings. The van der Waals surface area contributed by atoms with E-state index in [9.17, 15) is 4.79 Å². The van der Waals surface area contributed by atoms with Crippen LogP contribution in [0.3, 0.4) is 0 Å². The molecule has 0 saturated carbocycles. The summed E-state index contributed by atoms with van der Waals surface area (Å²) in [4.78, 5) is 11.8. The molecule has 6 heteroatoms. The lowest BCUT2D eigenvalue weighted by Crippen LogP contribution is -2.34. The van der Waals surface area contributed by atoms with Gasteiger partial charge in [-0.1, -0.05) is 38.0 Å². The van der Waals surface area contributed by atoms with Gasteiger partial charge < -0.3 is 11.1 Å². The zero-order valence-corrected chi connectivity index (χ0v) is 12.1. The first-order valence-corrected chi connectivity index (χ1v) is 7.25. The number of aryl methyl sites for hydroxylation is 1. The fraction of sp³-hybridized carbons (Fsp3) is 0.750. The number of carbonyl (C=O) groups is 1. The largest absolute Gasteiger partial charge is 0.327 e. The Kier molecular flexibility index (Phi) is 6.21. The SMILES string of the molecule is CCCCCc1nnc(NC(=O)C(C)C(C)N)s1. The number of nitrogens with zero attached hydrogens (tertiary/aromatic N) is 2. The Morgan fingerprint density at radius 3 is 2.72 bits per heavy atom. The number of anilines is 1. The van der Waals surface area contributed by atoms with Crippen LogP contribution in [-0.2, 0) is 11.2 Å². The van der Waals surface area contributed by atoms with Gasteiger partial charge in [0.1, 0.15) is 5.01 Å². The smallest absolute Gasteiger partial charge is 0.230 e. The van der Waals surface area contributed by atoms with Crippen LogP contribution in [0.25, 0.3) is 0 Å². The number of hydrogen-bond donors (Lipinski definition) is 2. The van der Waals surface area contributed by atoms with E-state index in [1.165, 1.54) is 24.2 Å². The lowest BCUT2D eigenvalue weighted by Gasteiger charge is -2.13. The van der Waals surface area contributed by atoms with Gasteiger partial charge in [-0.05, 0) is 13.3 Å². The molecule has 1 heterocycles. The van der Waals surface area contributed by atoms with E-state index in [0.29, 0.717) is 5.13 Å². The maximum atomic E-state index is 11.8. The van der Waals surface area contributed by atoms with Gasteiger partial charge in [-0.25, -0.2) is 0 Å². The molecule has 5 nitrogen and oxygen atoms in total. The van der Waals surface area contributed by atoms with Crippen molar-refractivity contribution in [2.24, 2.45) is 11.7 Å². The van der Waals surface area contributed by atoms with E-state index in [4.69, 9.17) is 5.73 Å². The van der Waals surface area contributed by atoms with Crippen molar-refractivity contribution in [3.63, 3.8) is 0 Å². The van der Waals surface area contributed by atoms with Crippen molar-refractivity contribution in [2.45, 2.75) is 52.5 Å². The number of unbranched alkanes of at least 4 members (excludes halogenated alkanes) is 2. The Hall–Kier alpha value is -1.01. The van der Waals surface area contributed by atoms with Crippen LogP contribution in [0.4, 0.5) is 5.13 Å². The number of rotatable bonds is 7. The number of hydrogen-bond acceptors (Lipinski definition) is 5. The minimum Gasteiger partial charge on any atom is -0.327 e. The van der Waals surface area contributed by atoms with Crippen molar-refractivity contribution in [3.8, 4) is 0 Å². The van der Waals surface area contributed by atoms with Gasteiger partial charge in [0.2, 0.25) is 11.0 Å². The Morgan fingerprint density at radius 2 is 2.11 bits per heavy atom. The molecule has 0 fully saturated rings. The van der Waals surface area contributed by atoms with E-state index in [0.717, 1.165) is 17.8 Å². The summed E-state index contributed by atoms with van der Waals surface area (Å²) in [6, 6.07) is -0.165. The number of amides is 1. The quantitative estimate of drug-likeness (QED) is 0.744. The zero-order chi connectivity index (χ0) is 13.5. The van der Waals surface area contributed by atoms with E-state index in [1.807, 2.05) is 13.8 Å². The first kappa shape index (κ1) is 15.0. The minimum atomic E-state index is -0.225. The number of nitrogens with one attached hydrogen (secondary N) is 1. The molecule has 18 heavy (non-hydrogen) atoms. The fourth-order valence-corrected chi connectivity index (χ4v) is 2.17. The molecule has 0 saturated heterocycles. The third kappa shape index (κ3) is 4.70. The summed E-state index contributed by atoms with van der Waals surface area (Å²) >= 11 is 1.45. The van der Waals surface area contributed by atoms with Gasteiger partial charge in [0.05, 0.1) is 5.92 Å². The summed E-state index contributed by atoms with van der Waals surface area (Å²) in [5, 5.41) is 12.3. The molecule has 0 radical (unpaired) electrons. The Labute approximate surface area is 112 Å². The molecule has 1 amide bonds. The van der Waals surface area contributed by atoms with E-state index in [1.54, 1.807) is 0 Å². The van der Waals surface area contributed by atoms with Crippen LogP contribution in [0.2, 0.25) is 0 Å². The van der Waals surface area contributed by atoms with Gasteiger partial charge in [-0.3, -0.25) is 4.79 Å². The second kappa shape index (κ2) is 7.43. The lowest BCUT2D eigenvalue weighted by atomic mass is 10.0. The lowest BCUT2D eigenvalue weighted by molar-refractivity contribution is -0.119. The van der Waals surface area contributed by atoms with Crippen LogP contribution in [0.1, 0.15) is 45.0 Å². The number of aromatic nitrogens is 2.